The lowest BCUT2D eigenvalue weighted by atomic mass is 10.00. The molecule has 3 atom stereocenters. The molecule has 2 aromatic rings. The van der Waals surface area contributed by atoms with Crippen molar-refractivity contribution < 1.29 is 13.2 Å². The first-order valence-electron chi connectivity index (χ1n) is 8.29. The van der Waals surface area contributed by atoms with Crippen LogP contribution in [-0.2, 0) is 21.0 Å². The molecule has 4 nitrogen and oxygen atoms in total. The number of nitriles is 1. The van der Waals surface area contributed by atoms with Gasteiger partial charge >= 0.3 is 0 Å². The van der Waals surface area contributed by atoms with Gasteiger partial charge in [0.05, 0.1) is 22.8 Å². The minimum atomic E-state index is -3.62. The van der Waals surface area contributed by atoms with Crippen molar-refractivity contribution in [3.8, 4) is 6.07 Å². The molecule has 130 valence electrons. The van der Waals surface area contributed by atoms with Gasteiger partial charge in [-0.3, -0.25) is 0 Å². The summed E-state index contributed by atoms with van der Waals surface area (Å²) in [7, 11) is -2.12. The Balaban J connectivity index is 2.05. The third-order valence-electron chi connectivity index (χ3n) is 5.00. The number of methoxy groups -OCH3 is 1. The molecular weight excluding hydrogens is 334 g/mol. The van der Waals surface area contributed by atoms with Crippen LogP contribution in [0.1, 0.15) is 24.0 Å². The molecule has 1 aliphatic rings. The fourth-order valence-electron chi connectivity index (χ4n) is 3.63. The van der Waals surface area contributed by atoms with Crippen LogP contribution >= 0.6 is 0 Å². The van der Waals surface area contributed by atoms with Crippen molar-refractivity contribution in [2.24, 2.45) is 5.41 Å². The molecule has 2 aromatic carbocycles. The maximum absolute atomic E-state index is 13.1. The SMILES string of the molecule is CCc1ccc([C@@H]2[C@H](S(=O)(=O)c3ccccc3)[C@@]2(C#N)COC)cc1. The highest BCUT2D eigenvalue weighted by Crippen LogP contribution is 2.63. The van der Waals surface area contributed by atoms with Gasteiger partial charge in [-0.05, 0) is 29.7 Å². The van der Waals surface area contributed by atoms with Crippen LogP contribution in [0.3, 0.4) is 0 Å². The lowest BCUT2D eigenvalue weighted by Gasteiger charge is -2.08. The highest BCUT2D eigenvalue weighted by molar-refractivity contribution is 7.92. The Bertz CT molecular complexity index is 885. The Morgan fingerprint density at radius 1 is 1.12 bits per heavy atom. The van der Waals surface area contributed by atoms with Gasteiger partial charge in [-0.15, -0.1) is 0 Å². The van der Waals surface area contributed by atoms with Crippen molar-refractivity contribution in [1.29, 1.82) is 5.26 Å². The van der Waals surface area contributed by atoms with E-state index >= 15 is 0 Å². The second-order valence-electron chi connectivity index (χ2n) is 6.44. The molecule has 0 spiro atoms. The van der Waals surface area contributed by atoms with Crippen LogP contribution in [-0.4, -0.2) is 27.4 Å². The van der Waals surface area contributed by atoms with E-state index in [0.717, 1.165) is 12.0 Å². The zero-order valence-corrected chi connectivity index (χ0v) is 15.2. The molecule has 0 heterocycles. The van der Waals surface area contributed by atoms with E-state index in [1.54, 1.807) is 30.3 Å². The first kappa shape index (κ1) is 17.7. The molecule has 0 amide bonds. The van der Waals surface area contributed by atoms with Gasteiger partial charge in [-0.25, -0.2) is 8.42 Å². The number of sulfone groups is 1. The molecule has 5 heteroatoms. The monoisotopic (exact) mass is 355 g/mol. The number of aryl methyl sites for hydroxylation is 1. The van der Waals surface area contributed by atoms with E-state index in [2.05, 4.69) is 13.0 Å². The van der Waals surface area contributed by atoms with E-state index < -0.39 is 20.5 Å². The highest BCUT2D eigenvalue weighted by Gasteiger charge is 2.72. The maximum Gasteiger partial charge on any atom is 0.183 e. The van der Waals surface area contributed by atoms with Gasteiger partial charge in [0.15, 0.2) is 9.84 Å². The fourth-order valence-corrected chi connectivity index (χ4v) is 5.96. The summed E-state index contributed by atoms with van der Waals surface area (Å²) in [5.41, 5.74) is 1.01. The first-order valence-corrected chi connectivity index (χ1v) is 9.84. The zero-order chi connectivity index (χ0) is 18.1. The molecule has 25 heavy (non-hydrogen) atoms. The lowest BCUT2D eigenvalue weighted by molar-refractivity contribution is 0.162. The van der Waals surface area contributed by atoms with Crippen molar-refractivity contribution in [3.05, 3.63) is 65.7 Å². The summed E-state index contributed by atoms with van der Waals surface area (Å²) in [5.74, 6) is -0.381. The zero-order valence-electron chi connectivity index (χ0n) is 14.3. The van der Waals surface area contributed by atoms with E-state index in [4.69, 9.17) is 4.74 Å². The van der Waals surface area contributed by atoms with Crippen LogP contribution in [0.4, 0.5) is 0 Å². The third kappa shape index (κ3) is 2.86. The fraction of sp³-hybridized carbons (Fsp3) is 0.350. The van der Waals surface area contributed by atoms with Gasteiger partial charge in [0.1, 0.15) is 5.41 Å². The highest BCUT2D eigenvalue weighted by atomic mass is 32.2. The summed E-state index contributed by atoms with van der Waals surface area (Å²) in [6.45, 7) is 2.17. The molecule has 0 unspecified atom stereocenters. The van der Waals surface area contributed by atoms with E-state index in [9.17, 15) is 13.7 Å². The van der Waals surface area contributed by atoms with E-state index in [1.165, 1.54) is 12.7 Å². The van der Waals surface area contributed by atoms with Crippen molar-refractivity contribution in [2.75, 3.05) is 13.7 Å². The molecular formula is C20H21NO3S. The molecule has 0 N–H and O–H groups in total. The van der Waals surface area contributed by atoms with Gasteiger partial charge in [-0.1, -0.05) is 49.4 Å². The van der Waals surface area contributed by atoms with Crippen molar-refractivity contribution in [3.63, 3.8) is 0 Å². The Labute approximate surface area is 149 Å². The van der Waals surface area contributed by atoms with Gasteiger partial charge in [0, 0.05) is 13.0 Å². The minimum Gasteiger partial charge on any atom is -0.383 e. The molecule has 1 fully saturated rings. The smallest absolute Gasteiger partial charge is 0.183 e. The summed E-state index contributed by atoms with van der Waals surface area (Å²) in [6, 6.07) is 18.5. The van der Waals surface area contributed by atoms with Crippen molar-refractivity contribution >= 4 is 9.84 Å². The van der Waals surface area contributed by atoms with Crippen LogP contribution in [0.5, 0.6) is 0 Å². The molecule has 0 bridgehead atoms. The Kier molecular flexibility index (Phi) is 4.68. The molecule has 3 rings (SSSR count). The summed E-state index contributed by atoms with van der Waals surface area (Å²) in [4.78, 5) is 0.253. The van der Waals surface area contributed by atoms with Crippen LogP contribution in [0.25, 0.3) is 0 Å². The molecule has 1 saturated carbocycles. The van der Waals surface area contributed by atoms with Crippen molar-refractivity contribution in [1.82, 2.24) is 0 Å². The average Bonchev–Trinajstić information content (AvgIpc) is 3.32. The number of hydrogen-bond donors (Lipinski definition) is 0. The predicted octanol–water partition coefficient (Wildman–Crippen LogP) is 3.35. The van der Waals surface area contributed by atoms with Gasteiger partial charge in [-0.2, -0.15) is 5.26 Å². The van der Waals surface area contributed by atoms with E-state index in [1.807, 2.05) is 24.3 Å². The topological polar surface area (TPSA) is 67.2 Å². The minimum absolute atomic E-state index is 0.0976. The Morgan fingerprint density at radius 2 is 1.76 bits per heavy atom. The third-order valence-corrected chi connectivity index (χ3v) is 7.29. The Hall–Kier alpha value is -2.16. The molecule has 0 radical (unpaired) electrons. The van der Waals surface area contributed by atoms with Crippen LogP contribution in [0, 0.1) is 16.7 Å². The number of ether oxygens (including phenoxy) is 1. The van der Waals surface area contributed by atoms with Gasteiger partial charge < -0.3 is 4.74 Å². The number of hydrogen-bond acceptors (Lipinski definition) is 4. The molecule has 0 aromatic heterocycles. The second-order valence-corrected chi connectivity index (χ2v) is 8.51. The van der Waals surface area contributed by atoms with Gasteiger partial charge in [0.2, 0.25) is 0 Å². The van der Waals surface area contributed by atoms with E-state index in [0.29, 0.717) is 0 Å². The normalized spacial score (nSPS) is 25.3. The van der Waals surface area contributed by atoms with Crippen LogP contribution in [0.2, 0.25) is 0 Å². The largest absolute Gasteiger partial charge is 0.383 e. The Morgan fingerprint density at radius 3 is 2.28 bits per heavy atom. The maximum atomic E-state index is 13.1. The summed E-state index contributed by atoms with van der Waals surface area (Å²) >= 11 is 0. The van der Waals surface area contributed by atoms with Crippen LogP contribution < -0.4 is 0 Å². The second kappa shape index (κ2) is 6.62. The first-order chi connectivity index (χ1) is 12.0. The van der Waals surface area contributed by atoms with Crippen LogP contribution in [0.15, 0.2) is 59.5 Å². The lowest BCUT2D eigenvalue weighted by Crippen LogP contribution is -2.19. The number of benzene rings is 2. The average molecular weight is 355 g/mol. The molecule has 1 aliphatic carbocycles. The predicted molar refractivity (Wildman–Crippen MR) is 95.9 cm³/mol. The standard InChI is InChI=1S/C20H21NO3S/c1-3-15-9-11-16(12-10-15)18-19(20(18,13-21)14-24-2)25(22,23)17-7-5-4-6-8-17/h4-12,18-19H,3,14H2,1-2H3/t18-,19+,20+/m1/s1. The number of nitrogens with zero attached hydrogens (tertiary/aromatic N) is 1. The molecule has 0 saturated heterocycles. The number of rotatable bonds is 6. The summed E-state index contributed by atoms with van der Waals surface area (Å²) in [6.07, 6.45) is 0.915. The van der Waals surface area contributed by atoms with E-state index in [-0.39, 0.29) is 17.4 Å². The quantitative estimate of drug-likeness (QED) is 0.797. The van der Waals surface area contributed by atoms with Crippen molar-refractivity contribution in [2.45, 2.75) is 29.4 Å². The van der Waals surface area contributed by atoms with Gasteiger partial charge in [0.25, 0.3) is 0 Å². The summed E-state index contributed by atoms with van der Waals surface area (Å²) < 4.78 is 31.5. The summed E-state index contributed by atoms with van der Waals surface area (Å²) in [5, 5.41) is 9.01. The molecule has 0 aliphatic heterocycles.